The van der Waals surface area contributed by atoms with E-state index < -0.39 is 0 Å². The summed E-state index contributed by atoms with van der Waals surface area (Å²) in [4.78, 5) is 50.2. The van der Waals surface area contributed by atoms with Gasteiger partial charge in [-0.15, -0.1) is 0 Å². The molecule has 42 heavy (non-hydrogen) atoms. The van der Waals surface area contributed by atoms with Gasteiger partial charge in [-0.05, 0) is 26.0 Å². The maximum absolute atomic E-state index is 13.3. The molecule has 0 aliphatic rings. The van der Waals surface area contributed by atoms with Crippen molar-refractivity contribution < 1.29 is 14.4 Å². The van der Waals surface area contributed by atoms with Crippen LogP contribution in [0.5, 0.6) is 0 Å². The number of hydrogen-bond donors (Lipinski definition) is 3. The highest BCUT2D eigenvalue weighted by atomic mass is 33.1. The van der Waals surface area contributed by atoms with E-state index in [0.717, 1.165) is 22.1 Å². The van der Waals surface area contributed by atoms with E-state index in [2.05, 4.69) is 43.7 Å². The normalized spacial score (nSPS) is 11.7. The molecule has 0 aliphatic carbocycles. The summed E-state index contributed by atoms with van der Waals surface area (Å²) >= 11 is 0. The van der Waals surface area contributed by atoms with Crippen molar-refractivity contribution in [1.29, 1.82) is 0 Å². The Morgan fingerprint density at radius 3 is 2.48 bits per heavy atom. The molecule has 0 unspecified atom stereocenters. The van der Waals surface area contributed by atoms with Crippen LogP contribution in [0.3, 0.4) is 0 Å². The molecule has 0 spiro atoms. The number of hydrogen-bond acceptors (Lipinski definition) is 10. The number of nitrogen functional groups attached to an aromatic ring is 1. The summed E-state index contributed by atoms with van der Waals surface area (Å²) in [5.74, 6) is 0.0526. The number of rotatable bonds is 15. The monoisotopic (exact) mass is 609 g/mol. The van der Waals surface area contributed by atoms with Crippen LogP contribution in [0, 0.1) is 6.92 Å². The number of ketones is 1. The SMILES string of the molecule is CC(=C(SSC(C)C)C(=O)CC(=O)NCCNc1cccc2c(N(C)C)cccc12)N(C=O)Cc1cnc(C)nc1N. The Bertz CT molecular complexity index is 1460. The van der Waals surface area contributed by atoms with Crippen LogP contribution in [-0.4, -0.2) is 65.4 Å². The molecule has 0 saturated carbocycles. The average molecular weight is 610 g/mol. The standard InChI is InChI=1S/C30H39N7O3S2/c1-19(2)41-42-29(20(3)37(18-38)17-22-16-34-21(4)35-30(22)31)27(39)15-28(40)33-14-13-32-25-11-7-10-24-23(25)9-8-12-26(24)36(5)6/h7-12,16,18-19,32H,13-15,17H2,1-6H3,(H,33,40)(H2,31,34,35). The molecular weight excluding hydrogens is 571 g/mol. The van der Waals surface area contributed by atoms with Crippen molar-refractivity contribution in [3.63, 3.8) is 0 Å². The maximum atomic E-state index is 13.3. The van der Waals surface area contributed by atoms with Gasteiger partial charge in [-0.3, -0.25) is 14.4 Å². The Balaban J connectivity index is 1.65. The molecule has 12 heteroatoms. The predicted octanol–water partition coefficient (Wildman–Crippen LogP) is 4.75. The van der Waals surface area contributed by atoms with E-state index >= 15 is 0 Å². The smallest absolute Gasteiger partial charge is 0.227 e. The summed E-state index contributed by atoms with van der Waals surface area (Å²) in [7, 11) is 6.78. The fourth-order valence-corrected chi connectivity index (χ4v) is 6.36. The highest BCUT2D eigenvalue weighted by Crippen LogP contribution is 2.37. The number of nitrogens with one attached hydrogen (secondary N) is 2. The van der Waals surface area contributed by atoms with Crippen LogP contribution >= 0.6 is 21.6 Å². The van der Waals surface area contributed by atoms with E-state index in [1.807, 2.05) is 46.1 Å². The fourth-order valence-electron chi connectivity index (χ4n) is 4.16. The second-order valence-electron chi connectivity index (χ2n) is 10.2. The number of fused-ring (bicyclic) bond motifs is 1. The number of carbonyl (C=O) groups is 3. The zero-order valence-electron chi connectivity index (χ0n) is 24.9. The van der Waals surface area contributed by atoms with Gasteiger partial charge in [0.25, 0.3) is 0 Å². The van der Waals surface area contributed by atoms with Crippen molar-refractivity contribution in [1.82, 2.24) is 20.2 Å². The third-order valence-corrected chi connectivity index (χ3v) is 9.40. The minimum Gasteiger partial charge on any atom is -0.383 e. The van der Waals surface area contributed by atoms with Crippen LogP contribution in [0.15, 0.2) is 53.2 Å². The van der Waals surface area contributed by atoms with Gasteiger partial charge >= 0.3 is 0 Å². The quantitative estimate of drug-likeness (QED) is 0.0729. The van der Waals surface area contributed by atoms with E-state index in [4.69, 9.17) is 5.73 Å². The van der Waals surface area contributed by atoms with E-state index in [9.17, 15) is 14.4 Å². The largest absolute Gasteiger partial charge is 0.383 e. The topological polar surface area (TPSA) is 134 Å². The number of benzene rings is 2. The molecule has 0 radical (unpaired) electrons. The lowest BCUT2D eigenvalue weighted by atomic mass is 10.1. The minimum absolute atomic E-state index is 0.104. The molecule has 0 atom stereocenters. The van der Waals surface area contributed by atoms with Gasteiger partial charge in [0.15, 0.2) is 5.78 Å². The molecule has 3 aromatic rings. The summed E-state index contributed by atoms with van der Waals surface area (Å²) < 4.78 is 0. The molecule has 10 nitrogen and oxygen atoms in total. The molecule has 1 heterocycles. The van der Waals surface area contributed by atoms with Crippen LogP contribution in [0.25, 0.3) is 10.8 Å². The Kier molecular flexibility index (Phi) is 12.0. The third-order valence-electron chi connectivity index (χ3n) is 6.29. The van der Waals surface area contributed by atoms with Crippen molar-refractivity contribution >= 4 is 67.7 Å². The number of anilines is 3. The summed E-state index contributed by atoms with van der Waals surface area (Å²) in [5, 5.41) is 8.67. The number of carbonyl (C=O) groups excluding carboxylic acids is 3. The van der Waals surface area contributed by atoms with Crippen molar-refractivity contribution in [3.8, 4) is 0 Å². The molecule has 0 fully saturated rings. The lowest BCUT2D eigenvalue weighted by molar-refractivity contribution is -0.126. The van der Waals surface area contributed by atoms with Crippen molar-refractivity contribution in [3.05, 3.63) is 64.6 Å². The Morgan fingerprint density at radius 2 is 1.81 bits per heavy atom. The summed E-state index contributed by atoms with van der Waals surface area (Å²) in [5.41, 5.74) is 9.12. The van der Waals surface area contributed by atoms with Gasteiger partial charge in [0.05, 0.1) is 17.9 Å². The highest BCUT2D eigenvalue weighted by Gasteiger charge is 2.22. The number of allylic oxidation sites excluding steroid dienone is 2. The van der Waals surface area contributed by atoms with E-state index in [-0.39, 0.29) is 35.7 Å². The fraction of sp³-hybridized carbons (Fsp3) is 0.367. The molecule has 224 valence electrons. The second kappa shape index (κ2) is 15.5. The first-order valence-corrected chi connectivity index (χ1v) is 15.8. The third kappa shape index (κ3) is 8.86. The first-order chi connectivity index (χ1) is 20.0. The Hall–Kier alpha value is -3.77. The lowest BCUT2D eigenvalue weighted by Crippen LogP contribution is -2.31. The molecule has 1 aromatic heterocycles. The van der Waals surface area contributed by atoms with Gasteiger partial charge < -0.3 is 26.2 Å². The maximum Gasteiger partial charge on any atom is 0.227 e. The summed E-state index contributed by atoms with van der Waals surface area (Å²) in [6.45, 7) is 8.37. The van der Waals surface area contributed by atoms with Gasteiger partial charge in [-0.1, -0.05) is 59.7 Å². The van der Waals surface area contributed by atoms with Crippen molar-refractivity contribution in [2.45, 2.75) is 45.9 Å². The zero-order chi connectivity index (χ0) is 30.8. The second-order valence-corrected chi connectivity index (χ2v) is 12.9. The van der Waals surface area contributed by atoms with Gasteiger partial charge in [-0.2, -0.15) is 0 Å². The first kappa shape index (κ1) is 32.7. The molecule has 0 saturated heterocycles. The molecule has 4 N–H and O–H groups in total. The first-order valence-electron chi connectivity index (χ1n) is 13.6. The highest BCUT2D eigenvalue weighted by molar-refractivity contribution is 8.78. The molecule has 0 bridgehead atoms. The summed E-state index contributed by atoms with van der Waals surface area (Å²) in [6, 6.07) is 12.3. The van der Waals surface area contributed by atoms with Crippen LogP contribution in [0.4, 0.5) is 17.2 Å². The van der Waals surface area contributed by atoms with Crippen LogP contribution in [0.1, 0.15) is 38.6 Å². The molecular formula is C30H39N7O3S2. The summed E-state index contributed by atoms with van der Waals surface area (Å²) in [6.07, 6.45) is 1.88. The van der Waals surface area contributed by atoms with E-state index in [1.54, 1.807) is 20.0 Å². The van der Waals surface area contributed by atoms with Gasteiger partial charge in [0.1, 0.15) is 11.6 Å². The molecule has 2 amide bonds. The van der Waals surface area contributed by atoms with Crippen LogP contribution < -0.4 is 21.3 Å². The van der Waals surface area contributed by atoms with Crippen molar-refractivity contribution in [2.75, 3.05) is 43.1 Å². The van der Waals surface area contributed by atoms with Gasteiger partial charge in [0.2, 0.25) is 12.3 Å². The average Bonchev–Trinajstić information content (AvgIpc) is 2.94. The van der Waals surface area contributed by atoms with Crippen molar-refractivity contribution in [2.24, 2.45) is 0 Å². The molecule has 2 aromatic carbocycles. The minimum atomic E-state index is -0.385. The van der Waals surface area contributed by atoms with E-state index in [0.29, 0.717) is 41.5 Å². The molecule has 3 rings (SSSR count). The van der Waals surface area contributed by atoms with E-state index in [1.165, 1.54) is 26.5 Å². The predicted molar refractivity (Wildman–Crippen MR) is 175 cm³/mol. The zero-order valence-corrected chi connectivity index (χ0v) is 26.6. The molecule has 0 aliphatic heterocycles. The number of aromatic nitrogens is 2. The number of nitrogens with two attached hydrogens (primary N) is 1. The number of aryl methyl sites for hydroxylation is 1. The van der Waals surface area contributed by atoms with Gasteiger partial charge in [-0.25, -0.2) is 9.97 Å². The number of nitrogens with zero attached hydrogens (tertiary/aromatic N) is 4. The Morgan fingerprint density at radius 1 is 1.10 bits per heavy atom. The Labute approximate surface area is 255 Å². The lowest BCUT2D eigenvalue weighted by Gasteiger charge is -2.22. The van der Waals surface area contributed by atoms with Crippen LogP contribution in [0.2, 0.25) is 0 Å². The number of amides is 2. The number of Topliss-reactive ketones (excluding diaryl/α,β-unsaturated/α-hetero) is 1. The van der Waals surface area contributed by atoms with Crippen LogP contribution in [-0.2, 0) is 20.9 Å². The van der Waals surface area contributed by atoms with Gasteiger partial charge in [0, 0.05) is 72.0 Å².